The van der Waals surface area contributed by atoms with Crippen molar-refractivity contribution >= 4 is 28.0 Å². The van der Waals surface area contributed by atoms with Gasteiger partial charge in [0.05, 0.1) is 7.11 Å². The summed E-state index contributed by atoms with van der Waals surface area (Å²) in [6, 6.07) is 4.49. The predicted molar refractivity (Wildman–Crippen MR) is 109 cm³/mol. The Kier molecular flexibility index (Phi) is 7.80. The van der Waals surface area contributed by atoms with E-state index in [0.29, 0.717) is 30.5 Å². The van der Waals surface area contributed by atoms with Crippen LogP contribution in [0.2, 0.25) is 0 Å². The molecule has 1 aromatic rings. The van der Waals surface area contributed by atoms with Crippen LogP contribution in [-0.4, -0.2) is 59.0 Å². The van der Waals surface area contributed by atoms with Gasteiger partial charge in [0.1, 0.15) is 10.6 Å². The molecule has 0 bridgehead atoms. The van der Waals surface area contributed by atoms with Gasteiger partial charge in [0, 0.05) is 19.2 Å². The van der Waals surface area contributed by atoms with Gasteiger partial charge in [-0.05, 0) is 49.1 Å². The van der Waals surface area contributed by atoms with Gasteiger partial charge in [-0.3, -0.25) is 4.79 Å². The van der Waals surface area contributed by atoms with Crippen molar-refractivity contribution in [3.8, 4) is 5.75 Å². The van der Waals surface area contributed by atoms with E-state index in [1.54, 1.807) is 11.0 Å². The first kappa shape index (κ1) is 22.9. The van der Waals surface area contributed by atoms with Crippen LogP contribution in [0.15, 0.2) is 29.2 Å². The van der Waals surface area contributed by atoms with Crippen LogP contribution in [0, 0.1) is 11.8 Å². The second-order valence-corrected chi connectivity index (χ2v) is 9.16. The number of likely N-dealkylation sites (tertiary alicyclic amines) is 1. The van der Waals surface area contributed by atoms with Crippen LogP contribution < -0.4 is 9.46 Å². The second kappa shape index (κ2) is 9.89. The number of carbonyl (C=O) groups excluding carboxylic acids is 2. The Morgan fingerprint density at radius 1 is 1.24 bits per heavy atom. The third-order valence-corrected chi connectivity index (χ3v) is 6.15. The average Bonchev–Trinajstić information content (AvgIpc) is 2.69. The molecule has 0 aromatic heterocycles. The maximum Gasteiger partial charge on any atom is 0.331 e. The van der Waals surface area contributed by atoms with Crippen molar-refractivity contribution in [1.82, 2.24) is 9.62 Å². The maximum atomic E-state index is 12.3. The number of rotatable bonds is 7. The minimum Gasteiger partial charge on any atom is -0.495 e. The molecule has 1 heterocycles. The standard InChI is InChI=1S/C20H28N2O6S/c1-14-9-15(2)12-22(11-14)19(23)13-28-20(24)8-6-16-5-7-17(27-4)18(10-16)29(25,26)21-3/h5-8,10,14-15,21H,9,11-13H2,1-4H3/b8-6+/t14-,15-/m1/s1. The molecule has 1 N–H and O–H groups in total. The second-order valence-electron chi connectivity index (χ2n) is 7.30. The molecule has 0 aliphatic carbocycles. The van der Waals surface area contributed by atoms with Crippen LogP contribution in [0.1, 0.15) is 25.8 Å². The number of ether oxygens (including phenoxy) is 2. The zero-order chi connectivity index (χ0) is 21.6. The molecule has 1 aliphatic rings. The topological polar surface area (TPSA) is 102 Å². The van der Waals surface area contributed by atoms with Crippen LogP contribution in [0.4, 0.5) is 0 Å². The third-order valence-electron chi connectivity index (χ3n) is 4.72. The molecule has 2 rings (SSSR count). The number of esters is 1. The third kappa shape index (κ3) is 6.30. The largest absolute Gasteiger partial charge is 0.495 e. The number of sulfonamides is 1. The van der Waals surface area contributed by atoms with Gasteiger partial charge in [0.25, 0.3) is 5.91 Å². The Labute approximate surface area is 171 Å². The molecule has 0 unspecified atom stereocenters. The van der Waals surface area contributed by atoms with E-state index in [-0.39, 0.29) is 23.2 Å². The van der Waals surface area contributed by atoms with Gasteiger partial charge in [-0.2, -0.15) is 0 Å². The summed E-state index contributed by atoms with van der Waals surface area (Å²) in [5.41, 5.74) is 0.474. The number of piperidine rings is 1. The fraction of sp³-hybridized carbons (Fsp3) is 0.500. The molecule has 8 nitrogen and oxygen atoms in total. The van der Waals surface area contributed by atoms with Gasteiger partial charge >= 0.3 is 5.97 Å². The van der Waals surface area contributed by atoms with E-state index in [0.717, 1.165) is 12.5 Å². The summed E-state index contributed by atoms with van der Waals surface area (Å²) in [7, 11) is -1.05. The van der Waals surface area contributed by atoms with E-state index in [4.69, 9.17) is 9.47 Å². The van der Waals surface area contributed by atoms with Crippen LogP contribution >= 0.6 is 0 Å². The number of hydrogen-bond acceptors (Lipinski definition) is 6. The molecule has 1 saturated heterocycles. The van der Waals surface area contributed by atoms with Gasteiger partial charge in [-0.25, -0.2) is 17.9 Å². The molecule has 29 heavy (non-hydrogen) atoms. The van der Waals surface area contributed by atoms with Crippen molar-refractivity contribution in [3.63, 3.8) is 0 Å². The number of amides is 1. The van der Waals surface area contributed by atoms with Gasteiger partial charge in [0.2, 0.25) is 10.0 Å². The van der Waals surface area contributed by atoms with Crippen LogP contribution in [0.5, 0.6) is 5.75 Å². The zero-order valence-corrected chi connectivity index (χ0v) is 18.0. The molecule has 0 saturated carbocycles. The Morgan fingerprint density at radius 2 is 1.90 bits per heavy atom. The van der Waals surface area contributed by atoms with Crippen molar-refractivity contribution in [2.45, 2.75) is 25.2 Å². The Hall–Kier alpha value is -2.39. The van der Waals surface area contributed by atoms with Crippen LogP contribution in [0.3, 0.4) is 0 Å². The molecule has 9 heteroatoms. The average molecular weight is 425 g/mol. The van der Waals surface area contributed by atoms with Crippen molar-refractivity contribution in [2.24, 2.45) is 11.8 Å². The first-order valence-corrected chi connectivity index (χ1v) is 10.9. The molecule has 1 amide bonds. The highest BCUT2D eigenvalue weighted by Crippen LogP contribution is 2.25. The van der Waals surface area contributed by atoms with Crippen molar-refractivity contribution in [3.05, 3.63) is 29.8 Å². The Bertz CT molecular complexity index is 871. The van der Waals surface area contributed by atoms with Crippen molar-refractivity contribution < 1.29 is 27.5 Å². The lowest BCUT2D eigenvalue weighted by molar-refractivity contribution is -0.149. The van der Waals surface area contributed by atoms with Gasteiger partial charge in [0.15, 0.2) is 6.61 Å². The number of carbonyl (C=O) groups is 2. The SMILES string of the molecule is CNS(=O)(=O)c1cc(/C=C/C(=O)OCC(=O)N2C[C@H](C)C[C@@H](C)C2)ccc1OC. The lowest BCUT2D eigenvalue weighted by atomic mass is 9.92. The monoisotopic (exact) mass is 424 g/mol. The van der Waals surface area contributed by atoms with Crippen molar-refractivity contribution in [1.29, 1.82) is 0 Å². The van der Waals surface area contributed by atoms with Gasteiger partial charge in [-0.15, -0.1) is 0 Å². The van der Waals surface area contributed by atoms with E-state index in [9.17, 15) is 18.0 Å². The summed E-state index contributed by atoms with van der Waals surface area (Å²) in [6.07, 6.45) is 3.66. The Balaban J connectivity index is 1.98. The van der Waals surface area contributed by atoms with E-state index in [1.807, 2.05) is 0 Å². The molecule has 1 aromatic carbocycles. The summed E-state index contributed by atoms with van der Waals surface area (Å²) >= 11 is 0. The van der Waals surface area contributed by atoms with E-state index in [2.05, 4.69) is 18.6 Å². The number of nitrogens with zero attached hydrogens (tertiary/aromatic N) is 1. The number of hydrogen-bond donors (Lipinski definition) is 1. The highest BCUT2D eigenvalue weighted by Gasteiger charge is 2.25. The van der Waals surface area contributed by atoms with Gasteiger partial charge in [-0.1, -0.05) is 19.9 Å². The molecule has 1 aliphatic heterocycles. The summed E-state index contributed by atoms with van der Waals surface area (Å²) in [6.45, 7) is 5.23. The smallest absolute Gasteiger partial charge is 0.331 e. The normalized spacial score (nSPS) is 19.9. The highest BCUT2D eigenvalue weighted by molar-refractivity contribution is 7.89. The molecule has 2 atom stereocenters. The minimum absolute atomic E-state index is 0.0402. The first-order chi connectivity index (χ1) is 13.7. The number of nitrogens with one attached hydrogen (secondary N) is 1. The number of methoxy groups -OCH3 is 1. The van der Waals surface area contributed by atoms with E-state index < -0.39 is 16.0 Å². The van der Waals surface area contributed by atoms with E-state index in [1.165, 1.54) is 32.4 Å². The Morgan fingerprint density at radius 3 is 2.48 bits per heavy atom. The highest BCUT2D eigenvalue weighted by atomic mass is 32.2. The lowest BCUT2D eigenvalue weighted by Gasteiger charge is -2.34. The zero-order valence-electron chi connectivity index (χ0n) is 17.2. The molecular weight excluding hydrogens is 396 g/mol. The first-order valence-electron chi connectivity index (χ1n) is 9.40. The summed E-state index contributed by atoms with van der Waals surface area (Å²) in [4.78, 5) is 25.9. The summed E-state index contributed by atoms with van der Waals surface area (Å²) in [5, 5.41) is 0. The fourth-order valence-electron chi connectivity index (χ4n) is 3.42. The molecule has 0 radical (unpaired) electrons. The molecule has 1 fully saturated rings. The number of benzene rings is 1. The van der Waals surface area contributed by atoms with E-state index >= 15 is 0 Å². The maximum absolute atomic E-state index is 12.3. The van der Waals surface area contributed by atoms with Crippen LogP contribution in [-0.2, 0) is 24.3 Å². The fourth-order valence-corrected chi connectivity index (χ4v) is 4.35. The minimum atomic E-state index is -3.72. The summed E-state index contributed by atoms with van der Waals surface area (Å²) < 4.78 is 36.5. The predicted octanol–water partition coefficient (Wildman–Crippen LogP) is 1.66. The lowest BCUT2D eigenvalue weighted by Crippen LogP contribution is -2.44. The summed E-state index contributed by atoms with van der Waals surface area (Å²) in [5.74, 6) is 0.157. The van der Waals surface area contributed by atoms with Gasteiger partial charge < -0.3 is 14.4 Å². The molecular formula is C20H28N2O6S. The van der Waals surface area contributed by atoms with Crippen LogP contribution in [0.25, 0.3) is 6.08 Å². The molecule has 0 spiro atoms. The van der Waals surface area contributed by atoms with Crippen molar-refractivity contribution in [2.75, 3.05) is 33.9 Å². The quantitative estimate of drug-likeness (QED) is 0.528. The molecule has 160 valence electrons.